The zero-order chi connectivity index (χ0) is 19.4. The molecule has 3 rings (SSSR count). The van der Waals surface area contributed by atoms with E-state index in [-0.39, 0.29) is 23.6 Å². The first-order valence-electron chi connectivity index (χ1n) is 8.59. The van der Waals surface area contributed by atoms with Gasteiger partial charge in [0.1, 0.15) is 6.04 Å². The second kappa shape index (κ2) is 8.18. The van der Waals surface area contributed by atoms with Crippen molar-refractivity contribution in [2.75, 3.05) is 12.4 Å². The van der Waals surface area contributed by atoms with Crippen LogP contribution in [0.2, 0.25) is 0 Å². The molecular weight excluding hydrogens is 362 g/mol. The Hall–Kier alpha value is -2.93. The van der Waals surface area contributed by atoms with Gasteiger partial charge in [0.05, 0.1) is 12.0 Å². The summed E-state index contributed by atoms with van der Waals surface area (Å²) in [5.74, 6) is -0.617. The maximum absolute atomic E-state index is 12.9. The van der Waals surface area contributed by atoms with E-state index in [4.69, 9.17) is 4.74 Å². The average molecular weight is 383 g/mol. The fraction of sp³-hybridized carbons (Fsp3) is 0.250. The zero-order valence-electron chi connectivity index (χ0n) is 15.4. The number of thiazole rings is 1. The van der Waals surface area contributed by atoms with E-state index >= 15 is 0 Å². The Labute approximate surface area is 161 Å². The number of benzene rings is 1. The van der Waals surface area contributed by atoms with Gasteiger partial charge in [-0.15, -0.1) is 0 Å². The predicted octanol–water partition coefficient (Wildman–Crippen LogP) is 4.23. The third-order valence-electron chi connectivity index (χ3n) is 4.12. The van der Waals surface area contributed by atoms with Crippen molar-refractivity contribution in [2.45, 2.75) is 19.9 Å². The zero-order valence-corrected chi connectivity index (χ0v) is 16.2. The summed E-state index contributed by atoms with van der Waals surface area (Å²) in [5.41, 5.74) is 1.05. The van der Waals surface area contributed by atoms with Crippen molar-refractivity contribution in [3.8, 4) is 10.4 Å². The first kappa shape index (κ1) is 18.8. The van der Waals surface area contributed by atoms with Crippen LogP contribution in [0.5, 0.6) is 0 Å². The summed E-state index contributed by atoms with van der Waals surface area (Å²) in [5, 5.41) is 3.23. The van der Waals surface area contributed by atoms with Crippen LogP contribution in [0.1, 0.15) is 30.4 Å². The van der Waals surface area contributed by atoms with Crippen LogP contribution in [0.25, 0.3) is 10.4 Å². The lowest BCUT2D eigenvalue weighted by molar-refractivity contribution is -0.120. The number of carbonyl (C=O) groups is 2. The van der Waals surface area contributed by atoms with E-state index in [0.717, 1.165) is 5.56 Å². The summed E-state index contributed by atoms with van der Waals surface area (Å²) in [6, 6.07) is 12.8. The number of carbonyl (C=O) groups excluding carboxylic acids is 2. The van der Waals surface area contributed by atoms with E-state index in [2.05, 4.69) is 10.3 Å². The van der Waals surface area contributed by atoms with Crippen molar-refractivity contribution in [1.29, 1.82) is 0 Å². The van der Waals surface area contributed by atoms with Crippen LogP contribution < -0.4 is 5.32 Å². The normalized spacial score (nSPS) is 12.0. The molecule has 0 aliphatic rings. The molecule has 0 saturated carbocycles. The van der Waals surface area contributed by atoms with Crippen molar-refractivity contribution in [3.63, 3.8) is 0 Å². The maximum Gasteiger partial charge on any atom is 0.358 e. The lowest BCUT2D eigenvalue weighted by atomic mass is 10.0. The highest BCUT2D eigenvalue weighted by molar-refractivity contribution is 7.19. The number of esters is 1. The van der Waals surface area contributed by atoms with Crippen molar-refractivity contribution >= 4 is 28.3 Å². The van der Waals surface area contributed by atoms with Crippen molar-refractivity contribution in [1.82, 2.24) is 9.55 Å². The molecule has 0 aliphatic heterocycles. The van der Waals surface area contributed by atoms with Crippen LogP contribution in [0.3, 0.4) is 0 Å². The molecule has 2 aromatic heterocycles. The molecule has 0 spiro atoms. The van der Waals surface area contributed by atoms with E-state index in [1.165, 1.54) is 18.4 Å². The van der Waals surface area contributed by atoms with Gasteiger partial charge in [0, 0.05) is 12.4 Å². The van der Waals surface area contributed by atoms with Gasteiger partial charge in [0.15, 0.2) is 10.8 Å². The molecule has 140 valence electrons. The Morgan fingerprint density at radius 3 is 2.37 bits per heavy atom. The number of amides is 1. The lowest BCUT2D eigenvalue weighted by Gasteiger charge is -2.21. The van der Waals surface area contributed by atoms with Gasteiger partial charge in [-0.05, 0) is 23.6 Å². The lowest BCUT2D eigenvalue weighted by Crippen LogP contribution is -2.29. The Morgan fingerprint density at radius 1 is 1.11 bits per heavy atom. The molecule has 0 fully saturated rings. The molecule has 7 heteroatoms. The number of methoxy groups -OCH3 is 1. The molecule has 3 aromatic rings. The second-order valence-corrected chi connectivity index (χ2v) is 7.36. The molecule has 2 heterocycles. The van der Waals surface area contributed by atoms with Gasteiger partial charge in [-0.25, -0.2) is 9.78 Å². The SMILES string of the molecule is COC(=O)c1nc(NC(=O)[C@H](C(C)C)n2cccc2)sc1-c1ccccc1. The first-order chi connectivity index (χ1) is 13.0. The number of hydrogen-bond donors (Lipinski definition) is 1. The van der Waals surface area contributed by atoms with Crippen LogP contribution in [-0.2, 0) is 9.53 Å². The molecule has 1 atom stereocenters. The molecule has 1 amide bonds. The van der Waals surface area contributed by atoms with Gasteiger partial charge in [-0.2, -0.15) is 0 Å². The van der Waals surface area contributed by atoms with E-state index in [1.54, 1.807) is 0 Å². The highest BCUT2D eigenvalue weighted by Crippen LogP contribution is 2.34. The maximum atomic E-state index is 12.9. The Balaban J connectivity index is 1.92. The first-order valence-corrected chi connectivity index (χ1v) is 9.40. The van der Waals surface area contributed by atoms with Crippen molar-refractivity contribution in [3.05, 3.63) is 60.6 Å². The predicted molar refractivity (Wildman–Crippen MR) is 106 cm³/mol. The summed E-state index contributed by atoms with van der Waals surface area (Å²) in [6.45, 7) is 3.97. The monoisotopic (exact) mass is 383 g/mol. The van der Waals surface area contributed by atoms with Gasteiger partial charge >= 0.3 is 5.97 Å². The average Bonchev–Trinajstić information content (AvgIpc) is 3.32. The molecule has 6 nitrogen and oxygen atoms in total. The number of hydrogen-bond acceptors (Lipinski definition) is 5. The minimum Gasteiger partial charge on any atom is -0.464 e. The Morgan fingerprint density at radius 2 is 1.78 bits per heavy atom. The summed E-state index contributed by atoms with van der Waals surface area (Å²) in [6.07, 6.45) is 3.72. The van der Waals surface area contributed by atoms with Gasteiger partial charge < -0.3 is 14.6 Å². The molecule has 0 radical (unpaired) electrons. The van der Waals surface area contributed by atoms with Gasteiger partial charge in [0.25, 0.3) is 0 Å². The van der Waals surface area contributed by atoms with E-state index < -0.39 is 5.97 Å². The van der Waals surface area contributed by atoms with E-state index in [9.17, 15) is 9.59 Å². The Bertz CT molecular complexity index is 917. The summed E-state index contributed by atoms with van der Waals surface area (Å²) in [4.78, 5) is 30.0. The summed E-state index contributed by atoms with van der Waals surface area (Å²) < 4.78 is 6.72. The number of aromatic nitrogens is 2. The highest BCUT2D eigenvalue weighted by Gasteiger charge is 2.26. The van der Waals surface area contributed by atoms with Crippen LogP contribution in [0.15, 0.2) is 54.9 Å². The van der Waals surface area contributed by atoms with Gasteiger partial charge in [0.2, 0.25) is 5.91 Å². The molecule has 0 unspecified atom stereocenters. The number of ether oxygens (including phenoxy) is 1. The standard InChI is InChI=1S/C20H21N3O3S/c1-13(2)16(23-11-7-8-12-23)18(24)22-20-21-15(19(25)26-3)17(27-20)14-9-5-4-6-10-14/h4-13,16H,1-3H3,(H,21,22,24)/t16-/m0/s1. The molecule has 0 saturated heterocycles. The van der Waals surface area contributed by atoms with E-state index in [0.29, 0.717) is 10.0 Å². The number of rotatable bonds is 6. The quantitative estimate of drug-likeness (QED) is 0.647. The van der Waals surface area contributed by atoms with E-state index in [1.807, 2.05) is 73.3 Å². The van der Waals surface area contributed by atoms with Gasteiger partial charge in [-0.1, -0.05) is 55.5 Å². The molecule has 27 heavy (non-hydrogen) atoms. The second-order valence-electron chi connectivity index (χ2n) is 6.36. The van der Waals surface area contributed by atoms with Crippen LogP contribution in [0.4, 0.5) is 5.13 Å². The molecule has 1 aromatic carbocycles. The molecular formula is C20H21N3O3S. The number of nitrogens with zero attached hydrogens (tertiary/aromatic N) is 2. The fourth-order valence-electron chi connectivity index (χ4n) is 2.89. The van der Waals surface area contributed by atoms with Crippen LogP contribution in [-0.4, -0.2) is 28.5 Å². The van der Waals surface area contributed by atoms with Crippen molar-refractivity contribution < 1.29 is 14.3 Å². The topological polar surface area (TPSA) is 73.2 Å². The van der Waals surface area contributed by atoms with Crippen LogP contribution in [0, 0.1) is 5.92 Å². The minimum absolute atomic E-state index is 0.0889. The summed E-state index contributed by atoms with van der Waals surface area (Å²) >= 11 is 1.26. The van der Waals surface area contributed by atoms with Crippen LogP contribution >= 0.6 is 11.3 Å². The molecule has 1 N–H and O–H groups in total. The largest absolute Gasteiger partial charge is 0.464 e. The van der Waals surface area contributed by atoms with Gasteiger partial charge in [-0.3, -0.25) is 4.79 Å². The number of anilines is 1. The molecule has 0 aliphatic carbocycles. The minimum atomic E-state index is -0.531. The smallest absolute Gasteiger partial charge is 0.358 e. The third-order valence-corrected chi connectivity index (χ3v) is 5.14. The third kappa shape index (κ3) is 4.09. The highest BCUT2D eigenvalue weighted by atomic mass is 32.1. The van der Waals surface area contributed by atoms with Crippen molar-refractivity contribution in [2.24, 2.45) is 5.92 Å². The fourth-order valence-corrected chi connectivity index (χ4v) is 3.85. The summed E-state index contributed by atoms with van der Waals surface area (Å²) in [7, 11) is 1.32. The molecule has 0 bridgehead atoms. The number of nitrogens with one attached hydrogen (secondary N) is 1. The Kier molecular flexibility index (Phi) is 5.71.